The molecule has 0 aliphatic rings. The van der Waals surface area contributed by atoms with Crippen LogP contribution in [-0.2, 0) is 14.3 Å². The minimum atomic E-state index is 0.500. The second-order valence-electron chi connectivity index (χ2n) is 2.58. The van der Waals surface area contributed by atoms with Crippen molar-refractivity contribution in [3.8, 4) is 0 Å². The van der Waals surface area contributed by atoms with Crippen molar-refractivity contribution >= 4 is 6.47 Å². The van der Waals surface area contributed by atoms with Crippen LogP contribution in [0.2, 0.25) is 0 Å². The van der Waals surface area contributed by atoms with E-state index in [4.69, 9.17) is 4.74 Å². The fraction of sp³-hybridized carbons (Fsp3) is 0.889. The Morgan fingerprint density at radius 3 is 2.33 bits per heavy atom. The summed E-state index contributed by atoms with van der Waals surface area (Å²) in [5.41, 5.74) is 0. The molecule has 72 valence electrons. The molecule has 0 fully saturated rings. The fourth-order valence-electron chi connectivity index (χ4n) is 0.936. The molecule has 0 aromatic heterocycles. The molecule has 0 aromatic rings. The molecular formula is C9H18O3. The summed E-state index contributed by atoms with van der Waals surface area (Å²) in [6.45, 7) is 4.70. The minimum Gasteiger partial charge on any atom is -0.468 e. The van der Waals surface area contributed by atoms with Crippen LogP contribution in [0.3, 0.4) is 0 Å². The van der Waals surface area contributed by atoms with Crippen molar-refractivity contribution in [2.24, 2.45) is 0 Å². The third-order valence-corrected chi connectivity index (χ3v) is 1.57. The van der Waals surface area contributed by atoms with Gasteiger partial charge in [-0.15, -0.1) is 0 Å². The van der Waals surface area contributed by atoms with Crippen LogP contribution in [-0.4, -0.2) is 26.3 Å². The molecular weight excluding hydrogens is 156 g/mol. The molecule has 0 atom stereocenters. The monoisotopic (exact) mass is 174 g/mol. The first-order chi connectivity index (χ1) is 5.91. The van der Waals surface area contributed by atoms with Crippen LogP contribution in [0.5, 0.6) is 0 Å². The Hall–Kier alpha value is -0.570. The van der Waals surface area contributed by atoms with Crippen LogP contribution in [0.15, 0.2) is 0 Å². The van der Waals surface area contributed by atoms with Gasteiger partial charge in [0.25, 0.3) is 6.47 Å². The zero-order chi connectivity index (χ0) is 9.07. The van der Waals surface area contributed by atoms with E-state index in [9.17, 15) is 4.79 Å². The van der Waals surface area contributed by atoms with Crippen molar-refractivity contribution in [3.05, 3.63) is 0 Å². The molecule has 0 amide bonds. The second kappa shape index (κ2) is 10.4. The first-order valence-corrected chi connectivity index (χ1v) is 4.54. The van der Waals surface area contributed by atoms with Crippen LogP contribution >= 0.6 is 0 Å². The number of hydrogen-bond acceptors (Lipinski definition) is 3. The smallest absolute Gasteiger partial charge is 0.293 e. The quantitative estimate of drug-likeness (QED) is 0.394. The highest BCUT2D eigenvalue weighted by Gasteiger charge is 1.89. The molecule has 0 bridgehead atoms. The van der Waals surface area contributed by atoms with Gasteiger partial charge in [0.05, 0.1) is 6.61 Å². The molecule has 0 aliphatic carbocycles. The van der Waals surface area contributed by atoms with Crippen LogP contribution in [0.25, 0.3) is 0 Å². The SMILES string of the molecule is CCOCCCCCCOC=O. The Morgan fingerprint density at radius 2 is 1.75 bits per heavy atom. The van der Waals surface area contributed by atoms with Gasteiger partial charge in [-0.1, -0.05) is 6.42 Å². The molecule has 3 nitrogen and oxygen atoms in total. The van der Waals surface area contributed by atoms with Crippen molar-refractivity contribution in [1.82, 2.24) is 0 Å². The lowest BCUT2D eigenvalue weighted by Crippen LogP contribution is -1.95. The summed E-state index contributed by atoms with van der Waals surface area (Å²) in [5.74, 6) is 0. The van der Waals surface area contributed by atoms with Crippen LogP contribution < -0.4 is 0 Å². The lowest BCUT2D eigenvalue weighted by Gasteiger charge is -2.00. The standard InChI is InChI=1S/C9H18O3/c1-2-11-7-5-3-4-6-8-12-9-10/h9H,2-8H2,1H3. The fourth-order valence-corrected chi connectivity index (χ4v) is 0.936. The van der Waals surface area contributed by atoms with Crippen molar-refractivity contribution in [3.63, 3.8) is 0 Å². The molecule has 0 aromatic carbocycles. The summed E-state index contributed by atoms with van der Waals surface area (Å²) in [7, 11) is 0. The molecule has 0 N–H and O–H groups in total. The largest absolute Gasteiger partial charge is 0.468 e. The van der Waals surface area contributed by atoms with E-state index in [0.29, 0.717) is 13.1 Å². The Morgan fingerprint density at radius 1 is 1.08 bits per heavy atom. The first kappa shape index (κ1) is 11.4. The number of carbonyl (C=O) groups excluding carboxylic acids is 1. The van der Waals surface area contributed by atoms with Gasteiger partial charge in [0.1, 0.15) is 0 Å². The lowest BCUT2D eigenvalue weighted by atomic mass is 10.2. The predicted molar refractivity (Wildman–Crippen MR) is 47.0 cm³/mol. The van der Waals surface area contributed by atoms with E-state index in [1.54, 1.807) is 0 Å². The van der Waals surface area contributed by atoms with Crippen molar-refractivity contribution in [1.29, 1.82) is 0 Å². The average molecular weight is 174 g/mol. The van der Waals surface area contributed by atoms with Gasteiger partial charge >= 0.3 is 0 Å². The zero-order valence-electron chi connectivity index (χ0n) is 7.75. The van der Waals surface area contributed by atoms with Gasteiger partial charge in [0.2, 0.25) is 0 Å². The Kier molecular flexibility index (Phi) is 9.93. The normalized spacial score (nSPS) is 9.75. The summed E-state index contributed by atoms with van der Waals surface area (Å²) in [5, 5.41) is 0. The Balaban J connectivity index is 2.77. The number of hydrogen-bond donors (Lipinski definition) is 0. The maximum absolute atomic E-state index is 9.74. The highest BCUT2D eigenvalue weighted by Crippen LogP contribution is 1.99. The number of ether oxygens (including phenoxy) is 2. The first-order valence-electron chi connectivity index (χ1n) is 4.54. The van der Waals surface area contributed by atoms with Crippen molar-refractivity contribution in [2.45, 2.75) is 32.6 Å². The molecule has 0 saturated heterocycles. The summed E-state index contributed by atoms with van der Waals surface area (Å²) in [6, 6.07) is 0. The topological polar surface area (TPSA) is 35.5 Å². The molecule has 0 aliphatic heterocycles. The molecule has 3 heteroatoms. The maximum Gasteiger partial charge on any atom is 0.293 e. The summed E-state index contributed by atoms with van der Waals surface area (Å²) >= 11 is 0. The van der Waals surface area contributed by atoms with Crippen LogP contribution in [0.4, 0.5) is 0 Å². The Labute approximate surface area is 74.0 Å². The van der Waals surface area contributed by atoms with E-state index in [1.165, 1.54) is 0 Å². The highest BCUT2D eigenvalue weighted by atomic mass is 16.5. The number of rotatable bonds is 9. The van der Waals surface area contributed by atoms with E-state index in [2.05, 4.69) is 4.74 Å². The van der Waals surface area contributed by atoms with Crippen LogP contribution in [0.1, 0.15) is 32.6 Å². The van der Waals surface area contributed by atoms with E-state index >= 15 is 0 Å². The van der Waals surface area contributed by atoms with Gasteiger partial charge < -0.3 is 9.47 Å². The third-order valence-electron chi connectivity index (χ3n) is 1.57. The van der Waals surface area contributed by atoms with Gasteiger partial charge in [-0.3, -0.25) is 4.79 Å². The third kappa shape index (κ3) is 9.43. The number of unbranched alkanes of at least 4 members (excludes halogenated alkanes) is 3. The predicted octanol–water partition coefficient (Wildman–Crippen LogP) is 1.76. The molecule has 0 saturated carbocycles. The van der Waals surface area contributed by atoms with Crippen molar-refractivity contribution in [2.75, 3.05) is 19.8 Å². The Bertz CT molecular complexity index is 93.8. The van der Waals surface area contributed by atoms with E-state index in [-0.39, 0.29) is 0 Å². The molecule has 0 rings (SSSR count). The van der Waals surface area contributed by atoms with Gasteiger partial charge in [-0.25, -0.2) is 0 Å². The summed E-state index contributed by atoms with van der Waals surface area (Å²) in [4.78, 5) is 9.74. The minimum absolute atomic E-state index is 0.500. The van der Waals surface area contributed by atoms with Gasteiger partial charge in [0, 0.05) is 13.2 Å². The lowest BCUT2D eigenvalue weighted by molar-refractivity contribution is -0.128. The van der Waals surface area contributed by atoms with Crippen molar-refractivity contribution < 1.29 is 14.3 Å². The van der Waals surface area contributed by atoms with Gasteiger partial charge in [-0.05, 0) is 26.2 Å². The molecule has 0 unspecified atom stereocenters. The zero-order valence-corrected chi connectivity index (χ0v) is 7.75. The molecule has 12 heavy (non-hydrogen) atoms. The van der Waals surface area contributed by atoms with E-state index in [0.717, 1.165) is 38.9 Å². The second-order valence-corrected chi connectivity index (χ2v) is 2.58. The van der Waals surface area contributed by atoms with Gasteiger partial charge in [0.15, 0.2) is 0 Å². The van der Waals surface area contributed by atoms with Gasteiger partial charge in [-0.2, -0.15) is 0 Å². The average Bonchev–Trinajstić information content (AvgIpc) is 2.10. The summed E-state index contributed by atoms with van der Waals surface area (Å²) < 4.78 is 9.72. The van der Waals surface area contributed by atoms with Crippen LogP contribution in [0, 0.1) is 0 Å². The maximum atomic E-state index is 9.74. The molecule has 0 heterocycles. The highest BCUT2D eigenvalue weighted by molar-refractivity contribution is 5.36. The summed E-state index contributed by atoms with van der Waals surface area (Å²) in [6.07, 6.45) is 4.34. The molecule has 0 spiro atoms. The number of carbonyl (C=O) groups is 1. The van der Waals surface area contributed by atoms with E-state index < -0.39 is 0 Å². The van der Waals surface area contributed by atoms with E-state index in [1.807, 2.05) is 6.92 Å². The molecule has 0 radical (unpaired) electrons.